The van der Waals surface area contributed by atoms with Gasteiger partial charge >= 0.3 is 12.1 Å². The number of amides is 4. The molecule has 4 amide bonds. The maximum Gasteiger partial charge on any atom is 0.471 e. The van der Waals surface area contributed by atoms with Gasteiger partial charge in [0.25, 0.3) is 0 Å². The van der Waals surface area contributed by atoms with Crippen molar-refractivity contribution in [3.8, 4) is 0 Å². The second-order valence-electron chi connectivity index (χ2n) is 13.0. The van der Waals surface area contributed by atoms with Crippen molar-refractivity contribution in [3.05, 3.63) is 0 Å². The van der Waals surface area contributed by atoms with Crippen LogP contribution in [0, 0.1) is 16.7 Å². The van der Waals surface area contributed by atoms with Crippen LogP contribution in [-0.4, -0.2) is 66.7 Å². The first-order valence-electron chi connectivity index (χ1n) is 12.8. The molecule has 1 heterocycles. The van der Waals surface area contributed by atoms with E-state index < -0.39 is 52.9 Å². The molecule has 0 radical (unpaired) electrons. The molecule has 9 nitrogen and oxygen atoms in total. The maximum absolute atomic E-state index is 13.4. The fourth-order valence-electron chi connectivity index (χ4n) is 4.28. The van der Waals surface area contributed by atoms with Crippen LogP contribution in [0.2, 0.25) is 0 Å². The van der Waals surface area contributed by atoms with E-state index in [1.165, 1.54) is 34.0 Å². The summed E-state index contributed by atoms with van der Waals surface area (Å²) in [5.41, 5.74) is -1.82. The van der Waals surface area contributed by atoms with E-state index in [1.54, 1.807) is 5.32 Å². The maximum atomic E-state index is 13.4. The summed E-state index contributed by atoms with van der Waals surface area (Å²) in [6, 6.07) is -3.26. The molecule has 0 unspecified atom stereocenters. The molecule has 1 rings (SSSR count). The summed E-state index contributed by atoms with van der Waals surface area (Å²) >= 11 is 0. The van der Waals surface area contributed by atoms with Crippen LogP contribution in [0.15, 0.2) is 4.99 Å². The lowest BCUT2D eigenvalue weighted by atomic mass is 9.83. The van der Waals surface area contributed by atoms with Gasteiger partial charge in [-0.25, -0.2) is 0 Å². The van der Waals surface area contributed by atoms with Crippen molar-refractivity contribution in [2.24, 2.45) is 21.7 Å². The van der Waals surface area contributed by atoms with Gasteiger partial charge in [-0.05, 0) is 50.4 Å². The van der Waals surface area contributed by atoms with Gasteiger partial charge in [0.2, 0.25) is 17.7 Å². The number of hydrogen-bond donors (Lipinski definition) is 4. The summed E-state index contributed by atoms with van der Waals surface area (Å²) < 4.78 is 38.7. The zero-order valence-corrected chi connectivity index (χ0v) is 23.9. The molecule has 218 valence electrons. The van der Waals surface area contributed by atoms with E-state index in [1.807, 2.05) is 34.6 Å². The van der Waals surface area contributed by atoms with E-state index in [-0.39, 0.29) is 23.8 Å². The van der Waals surface area contributed by atoms with Gasteiger partial charge < -0.3 is 21.3 Å². The monoisotopic (exact) mass is 547 g/mol. The lowest BCUT2D eigenvalue weighted by Gasteiger charge is -2.36. The summed E-state index contributed by atoms with van der Waals surface area (Å²) in [5.74, 6) is -4.17. The van der Waals surface area contributed by atoms with Gasteiger partial charge in [0.1, 0.15) is 12.1 Å². The lowest BCUT2D eigenvalue weighted by molar-refractivity contribution is -0.175. The number of piperidine rings is 1. The number of rotatable bonds is 9. The molecule has 38 heavy (non-hydrogen) atoms. The number of carbonyl (C=O) groups excluding carboxylic acids is 4. The molecule has 1 saturated heterocycles. The van der Waals surface area contributed by atoms with E-state index in [4.69, 9.17) is 0 Å². The van der Waals surface area contributed by atoms with Gasteiger partial charge in [-0.15, -0.1) is 0 Å². The predicted octanol–water partition coefficient (Wildman–Crippen LogP) is 2.88. The topological polar surface area (TPSA) is 129 Å². The van der Waals surface area contributed by atoms with Gasteiger partial charge in [-0.3, -0.25) is 24.2 Å². The summed E-state index contributed by atoms with van der Waals surface area (Å²) in [7, 11) is 1.54. The average molecular weight is 548 g/mol. The molecular weight excluding hydrogens is 503 g/mol. The number of aliphatic imine (C=N–C) groups is 1. The van der Waals surface area contributed by atoms with Crippen molar-refractivity contribution in [2.45, 2.75) is 111 Å². The number of nitrogens with zero attached hydrogens (tertiary/aromatic N) is 1. The van der Waals surface area contributed by atoms with E-state index in [9.17, 15) is 32.3 Å². The predicted molar refractivity (Wildman–Crippen MR) is 139 cm³/mol. The minimum Gasteiger partial charge on any atom is -0.351 e. The first kappa shape index (κ1) is 33.4. The van der Waals surface area contributed by atoms with Crippen LogP contribution >= 0.6 is 0 Å². The highest BCUT2D eigenvalue weighted by molar-refractivity contribution is 5.94. The number of carbonyl (C=O) groups is 4. The van der Waals surface area contributed by atoms with Gasteiger partial charge in [-0.1, -0.05) is 41.5 Å². The number of alkyl halides is 3. The van der Waals surface area contributed by atoms with Gasteiger partial charge in [-0.2, -0.15) is 13.2 Å². The SMILES string of the molecule is CN=C[C@H](C[C@@H]1CCC(C)(C)NC1=O)NC(=O)[C@H](CC(C)(C)C)NC(=O)[C@@H](NC(=O)C(F)(F)F)C(C)(C)C. The second kappa shape index (κ2) is 12.5. The molecule has 4 N–H and O–H groups in total. The van der Waals surface area contributed by atoms with Crippen LogP contribution in [0.25, 0.3) is 0 Å². The number of nitrogens with one attached hydrogen (secondary N) is 4. The molecular formula is C26H44F3N5O4. The minimum absolute atomic E-state index is 0.113. The van der Waals surface area contributed by atoms with Crippen molar-refractivity contribution in [1.29, 1.82) is 0 Å². The first-order valence-corrected chi connectivity index (χ1v) is 12.8. The third-order valence-electron chi connectivity index (χ3n) is 6.26. The molecule has 0 aliphatic carbocycles. The third-order valence-corrected chi connectivity index (χ3v) is 6.26. The largest absolute Gasteiger partial charge is 0.471 e. The van der Waals surface area contributed by atoms with Crippen molar-refractivity contribution < 1.29 is 32.3 Å². The molecule has 0 aromatic rings. The Morgan fingerprint density at radius 3 is 2.08 bits per heavy atom. The van der Waals surface area contributed by atoms with Gasteiger partial charge in [0, 0.05) is 24.7 Å². The Bertz CT molecular complexity index is 904. The molecule has 1 fully saturated rings. The van der Waals surface area contributed by atoms with E-state index >= 15 is 0 Å². The normalized spacial score (nSPS) is 20.7. The Kier molecular flexibility index (Phi) is 10.9. The molecule has 12 heteroatoms. The smallest absolute Gasteiger partial charge is 0.351 e. The van der Waals surface area contributed by atoms with Crippen LogP contribution in [0.5, 0.6) is 0 Å². The number of halogens is 3. The molecule has 1 aliphatic rings. The second-order valence-corrected chi connectivity index (χ2v) is 13.0. The Morgan fingerprint density at radius 1 is 1.05 bits per heavy atom. The zero-order valence-electron chi connectivity index (χ0n) is 23.9. The molecule has 0 bridgehead atoms. The van der Waals surface area contributed by atoms with Crippen molar-refractivity contribution in [1.82, 2.24) is 21.3 Å². The van der Waals surface area contributed by atoms with Crippen LogP contribution in [0.1, 0.15) is 81.1 Å². The third kappa shape index (κ3) is 11.0. The Balaban J connectivity index is 3.11. The molecule has 0 spiro atoms. The van der Waals surface area contributed by atoms with E-state index in [2.05, 4.69) is 20.9 Å². The number of hydrogen-bond acceptors (Lipinski definition) is 5. The lowest BCUT2D eigenvalue weighted by Crippen LogP contribution is -2.60. The first-order chi connectivity index (χ1) is 17.1. The minimum atomic E-state index is -5.17. The van der Waals surface area contributed by atoms with Crippen LogP contribution in [0.3, 0.4) is 0 Å². The average Bonchev–Trinajstić information content (AvgIpc) is 2.70. The van der Waals surface area contributed by atoms with Gasteiger partial charge in [0.05, 0.1) is 6.04 Å². The Hall–Kier alpha value is -2.66. The zero-order chi connectivity index (χ0) is 29.7. The Labute approximate surface area is 223 Å². The van der Waals surface area contributed by atoms with E-state index in [0.29, 0.717) is 12.8 Å². The van der Waals surface area contributed by atoms with Crippen molar-refractivity contribution in [2.75, 3.05) is 7.05 Å². The highest BCUT2D eigenvalue weighted by Crippen LogP contribution is 2.27. The summed E-state index contributed by atoms with van der Waals surface area (Å²) in [4.78, 5) is 54.7. The van der Waals surface area contributed by atoms with Gasteiger partial charge in [0.15, 0.2) is 0 Å². The van der Waals surface area contributed by atoms with Crippen LogP contribution < -0.4 is 21.3 Å². The Morgan fingerprint density at radius 2 is 1.63 bits per heavy atom. The van der Waals surface area contributed by atoms with Crippen molar-refractivity contribution >= 4 is 29.8 Å². The molecule has 0 saturated carbocycles. The highest BCUT2D eigenvalue weighted by atomic mass is 19.4. The molecule has 4 atom stereocenters. The summed E-state index contributed by atoms with van der Waals surface area (Å²) in [6.07, 6.45) is -1.77. The highest BCUT2D eigenvalue weighted by Gasteiger charge is 2.44. The van der Waals surface area contributed by atoms with Crippen LogP contribution in [-0.2, 0) is 19.2 Å². The van der Waals surface area contributed by atoms with E-state index in [0.717, 1.165) is 6.42 Å². The fraction of sp³-hybridized carbons (Fsp3) is 0.808. The standard InChI is InChI=1S/C26H44F3N5O4/c1-23(2,3)13-17(32-21(37)18(24(4,5)6)33-22(38)26(27,28)29)20(36)31-16(14-30-9)12-15-10-11-25(7,8)34-19(15)35/h14-18H,10-13H2,1-9H3,(H,31,36)(H,32,37)(H,33,38)(H,34,35)/t15-,16-,17-,18+/m0/s1. The summed E-state index contributed by atoms with van der Waals surface area (Å²) in [6.45, 7) is 14.0. The molecule has 1 aliphatic heterocycles. The van der Waals surface area contributed by atoms with Crippen molar-refractivity contribution in [3.63, 3.8) is 0 Å². The molecule has 0 aromatic heterocycles. The quantitative estimate of drug-likeness (QED) is 0.331. The molecule has 0 aromatic carbocycles. The fourth-order valence-corrected chi connectivity index (χ4v) is 4.28. The summed E-state index contributed by atoms with van der Waals surface area (Å²) in [5, 5.41) is 10.1. The van der Waals surface area contributed by atoms with Crippen LogP contribution in [0.4, 0.5) is 13.2 Å².